The van der Waals surface area contributed by atoms with Gasteiger partial charge in [-0.1, -0.05) is 65.3 Å². The summed E-state index contributed by atoms with van der Waals surface area (Å²) >= 11 is 8.43. The van der Waals surface area contributed by atoms with Gasteiger partial charge in [0.15, 0.2) is 0 Å². The largest absolute Gasteiger partial charge is 1.00 e. The van der Waals surface area contributed by atoms with Gasteiger partial charge in [-0.25, -0.2) is 12.2 Å². The Balaban J connectivity index is 0.000000260. The van der Waals surface area contributed by atoms with E-state index in [9.17, 15) is 0 Å². The van der Waals surface area contributed by atoms with E-state index >= 15 is 0 Å². The van der Waals surface area contributed by atoms with Gasteiger partial charge in [0.1, 0.15) is 0 Å². The Morgan fingerprint density at radius 1 is 0.727 bits per heavy atom. The SMILES string of the molecule is Brc1cccc([C](=[Zr+2])c2cccc(Br)c2)c1.CC(C)(C)c1[c-]c2c(cc1)-c1ccc(C(C)(C)C)cc1C2.[C-]1=CC=CC1.[Cl-].[Cl-]. The first-order valence-corrected chi connectivity index (χ1v) is 17.2. The summed E-state index contributed by atoms with van der Waals surface area (Å²) in [6, 6.07) is 32.0. The molecule has 0 nitrogen and oxygen atoms in total. The van der Waals surface area contributed by atoms with Gasteiger partial charge in [0.05, 0.1) is 0 Å². The van der Waals surface area contributed by atoms with E-state index in [1.165, 1.54) is 71.9 Å². The van der Waals surface area contributed by atoms with Crippen molar-refractivity contribution in [3.8, 4) is 11.1 Å². The van der Waals surface area contributed by atoms with Crippen LogP contribution in [0.1, 0.15) is 81.3 Å². The zero-order valence-corrected chi connectivity index (χ0v) is 33.3. The minimum absolute atomic E-state index is 0. The summed E-state index contributed by atoms with van der Waals surface area (Å²) in [5.41, 5.74) is 11.3. The standard InChI is InChI=1S/C21H25.C13H8Br2.C5H5.2ClH.Zr/c1-20(2,3)16-7-9-18-14(12-16)11-15-13-17(21(4,5)6)8-10-19(15)18;14-12-5-1-3-10(8-12)7-11-4-2-6-13(15)9-11;1-2-4-5-3-1;;;/h7-10,12H,11H2,1-6H3;1-6,8-9H;1-3H,4H2;2*1H;/q-1;;-1;;;+2/p-2. The molecule has 2 aliphatic rings. The van der Waals surface area contributed by atoms with Gasteiger partial charge in [0.2, 0.25) is 0 Å². The average molecular weight is 829 g/mol. The molecule has 0 bridgehead atoms. The number of fused-ring (bicyclic) bond motifs is 3. The molecule has 6 rings (SSSR count). The Kier molecular flexibility index (Phi) is 15.0. The number of benzene rings is 4. The molecule has 0 unspecified atom stereocenters. The second-order valence-electron chi connectivity index (χ2n) is 12.7. The van der Waals surface area contributed by atoms with Gasteiger partial charge in [-0.3, -0.25) is 6.08 Å². The van der Waals surface area contributed by atoms with E-state index in [1.807, 2.05) is 24.3 Å². The van der Waals surface area contributed by atoms with E-state index in [0.717, 1.165) is 21.8 Å². The van der Waals surface area contributed by atoms with E-state index in [4.69, 9.17) is 0 Å². The summed E-state index contributed by atoms with van der Waals surface area (Å²) in [6.45, 7) is 13.6. The second-order valence-corrected chi connectivity index (χ2v) is 15.8. The summed E-state index contributed by atoms with van der Waals surface area (Å²) in [5, 5.41) is 0. The fourth-order valence-corrected chi connectivity index (χ4v) is 6.39. The van der Waals surface area contributed by atoms with Crippen LogP contribution in [-0.2, 0) is 41.5 Å². The fourth-order valence-electron chi connectivity index (χ4n) is 4.82. The summed E-state index contributed by atoms with van der Waals surface area (Å²) in [5.74, 6) is 0. The first-order valence-electron chi connectivity index (χ1n) is 14.3. The van der Waals surface area contributed by atoms with Gasteiger partial charge in [0.25, 0.3) is 0 Å². The molecule has 44 heavy (non-hydrogen) atoms. The summed E-state index contributed by atoms with van der Waals surface area (Å²) < 4.78 is 3.62. The van der Waals surface area contributed by atoms with Crippen LogP contribution in [0.5, 0.6) is 0 Å². The first-order chi connectivity index (χ1) is 19.8. The monoisotopic (exact) mass is 824 g/mol. The molecule has 0 saturated carbocycles. The van der Waals surface area contributed by atoms with Crippen LogP contribution in [0, 0.1) is 12.1 Å². The van der Waals surface area contributed by atoms with Crippen LogP contribution in [0.3, 0.4) is 0 Å². The van der Waals surface area contributed by atoms with Crippen LogP contribution < -0.4 is 24.8 Å². The average Bonchev–Trinajstić information content (AvgIpc) is 3.63. The first kappa shape index (κ1) is 38.8. The maximum Gasteiger partial charge on any atom is -0.0132 e. The Hall–Kier alpha value is -1.35. The summed E-state index contributed by atoms with van der Waals surface area (Å²) in [4.78, 5) is 0. The van der Waals surface area contributed by atoms with Crippen molar-refractivity contribution in [1.29, 1.82) is 0 Å². The van der Waals surface area contributed by atoms with Crippen molar-refractivity contribution in [2.24, 2.45) is 0 Å². The number of allylic oxidation sites excluding steroid dienone is 4. The third kappa shape index (κ3) is 10.6. The smallest absolute Gasteiger partial charge is 0.0132 e. The predicted molar refractivity (Wildman–Crippen MR) is 184 cm³/mol. The molecule has 0 heterocycles. The van der Waals surface area contributed by atoms with Crippen LogP contribution in [0.4, 0.5) is 0 Å². The van der Waals surface area contributed by atoms with E-state index in [-0.39, 0.29) is 35.6 Å². The minimum atomic E-state index is 0. The van der Waals surface area contributed by atoms with Crippen molar-refractivity contribution >= 4 is 35.1 Å². The molecule has 0 spiro atoms. The fraction of sp³-hybridized carbons (Fsp3) is 0.256. The van der Waals surface area contributed by atoms with E-state index < -0.39 is 0 Å². The second kappa shape index (κ2) is 17.0. The Morgan fingerprint density at radius 3 is 1.77 bits per heavy atom. The maximum absolute atomic E-state index is 3.67. The van der Waals surface area contributed by atoms with Gasteiger partial charge < -0.3 is 24.8 Å². The maximum atomic E-state index is 3.67. The molecule has 0 aromatic heterocycles. The third-order valence-electron chi connectivity index (χ3n) is 7.28. The molecule has 0 N–H and O–H groups in total. The molecule has 0 saturated heterocycles. The van der Waals surface area contributed by atoms with E-state index in [0.29, 0.717) is 0 Å². The third-order valence-corrected chi connectivity index (χ3v) is 9.68. The molecule has 4 aromatic rings. The van der Waals surface area contributed by atoms with Gasteiger partial charge >= 0.3 is 128 Å². The summed E-state index contributed by atoms with van der Waals surface area (Å²) in [6.07, 6.45) is 11.0. The number of hydrogen-bond donors (Lipinski definition) is 0. The van der Waals surface area contributed by atoms with Crippen LogP contribution in [0.15, 0.2) is 106 Å². The van der Waals surface area contributed by atoms with Gasteiger partial charge in [-0.15, -0.1) is 17.5 Å². The molecule has 228 valence electrons. The van der Waals surface area contributed by atoms with Gasteiger partial charge in [-0.2, -0.15) is 29.8 Å². The zero-order valence-electron chi connectivity index (χ0n) is 26.2. The number of halogens is 4. The molecule has 5 heteroatoms. The van der Waals surface area contributed by atoms with Gasteiger partial charge in [0, 0.05) is 0 Å². The van der Waals surface area contributed by atoms with Crippen molar-refractivity contribution in [1.82, 2.24) is 0 Å². The molecule has 0 amide bonds. The molecular weight excluding hydrogens is 790 g/mol. The predicted octanol–water partition coefficient (Wildman–Crippen LogP) is 5.29. The summed E-state index contributed by atoms with van der Waals surface area (Å²) in [7, 11) is 0. The van der Waals surface area contributed by atoms with E-state index in [1.54, 1.807) is 0 Å². The number of rotatable bonds is 2. The van der Waals surface area contributed by atoms with E-state index in [2.05, 4.69) is 158 Å². The van der Waals surface area contributed by atoms with Crippen molar-refractivity contribution in [3.05, 3.63) is 152 Å². The number of hydrogen-bond acceptors (Lipinski definition) is 0. The van der Waals surface area contributed by atoms with Crippen LogP contribution in [0.2, 0.25) is 0 Å². The van der Waals surface area contributed by atoms with Crippen LogP contribution >= 0.6 is 31.9 Å². The molecule has 2 aliphatic carbocycles. The molecule has 4 aromatic carbocycles. The van der Waals surface area contributed by atoms with Crippen molar-refractivity contribution < 1.29 is 49.0 Å². The quantitative estimate of drug-likeness (QED) is 0.213. The molecule has 0 fully saturated rings. The molecule has 0 radical (unpaired) electrons. The Labute approximate surface area is 309 Å². The van der Waals surface area contributed by atoms with Gasteiger partial charge in [-0.05, 0) is 28.4 Å². The molecule has 0 aliphatic heterocycles. The van der Waals surface area contributed by atoms with Crippen molar-refractivity contribution in [2.75, 3.05) is 0 Å². The normalized spacial score (nSPS) is 12.4. The topological polar surface area (TPSA) is 0 Å². The van der Waals surface area contributed by atoms with Crippen molar-refractivity contribution in [3.63, 3.8) is 0 Å². The zero-order chi connectivity index (χ0) is 30.5. The molecular formula is C39H38Br2Cl2Zr-2. The molecule has 0 atom stereocenters. The van der Waals surface area contributed by atoms with Crippen LogP contribution in [0.25, 0.3) is 11.1 Å². The Bertz CT molecular complexity index is 1520. The minimum Gasteiger partial charge on any atom is -1.00 e. The van der Waals surface area contributed by atoms with Crippen molar-refractivity contribution in [2.45, 2.75) is 65.2 Å². The van der Waals surface area contributed by atoms with Crippen LogP contribution in [-0.4, -0.2) is 3.21 Å². The Morgan fingerprint density at radius 2 is 1.32 bits per heavy atom.